The van der Waals surface area contributed by atoms with Crippen LogP contribution in [0.1, 0.15) is 26.3 Å². The highest BCUT2D eigenvalue weighted by Gasteiger charge is 2.21. The van der Waals surface area contributed by atoms with E-state index in [1.54, 1.807) is 0 Å². The van der Waals surface area contributed by atoms with Crippen LogP contribution in [-0.2, 0) is 11.2 Å². The van der Waals surface area contributed by atoms with Crippen LogP contribution in [-0.4, -0.2) is 55.0 Å². The molecular weight excluding hydrogens is 276 g/mol. The number of benzene rings is 1. The van der Waals surface area contributed by atoms with Gasteiger partial charge >= 0.3 is 0 Å². The van der Waals surface area contributed by atoms with E-state index < -0.39 is 0 Å². The van der Waals surface area contributed by atoms with E-state index in [4.69, 9.17) is 4.74 Å². The molecule has 0 saturated carbocycles. The first-order valence-corrected chi connectivity index (χ1v) is 8.30. The molecule has 2 rings (SSSR count). The first kappa shape index (κ1) is 16.8. The van der Waals surface area contributed by atoms with Gasteiger partial charge in [-0.15, -0.1) is 0 Å². The Morgan fingerprint density at radius 1 is 1.14 bits per heavy atom. The molecule has 4 nitrogen and oxygen atoms in total. The van der Waals surface area contributed by atoms with Crippen LogP contribution < -0.4 is 4.74 Å². The molecule has 1 aromatic carbocycles. The third kappa shape index (κ3) is 5.02. The van der Waals surface area contributed by atoms with Gasteiger partial charge in [-0.05, 0) is 30.0 Å². The van der Waals surface area contributed by atoms with Gasteiger partial charge in [-0.1, -0.05) is 32.9 Å². The summed E-state index contributed by atoms with van der Waals surface area (Å²) >= 11 is 0. The molecule has 0 unspecified atom stereocenters. The summed E-state index contributed by atoms with van der Waals surface area (Å²) in [6, 6.07) is 7.97. The minimum absolute atomic E-state index is 0.0868. The van der Waals surface area contributed by atoms with Crippen molar-refractivity contribution >= 4 is 5.91 Å². The molecule has 0 N–H and O–H groups in total. The number of aryl methyl sites for hydroxylation is 1. The number of hydrogen-bond acceptors (Lipinski definition) is 3. The smallest absolute Gasteiger partial charge is 0.260 e. The van der Waals surface area contributed by atoms with Crippen LogP contribution in [0.4, 0.5) is 0 Å². The Hall–Kier alpha value is -1.55. The van der Waals surface area contributed by atoms with Crippen molar-refractivity contribution in [2.75, 3.05) is 39.3 Å². The maximum atomic E-state index is 12.2. The number of rotatable bonds is 6. The van der Waals surface area contributed by atoms with Gasteiger partial charge in [-0.2, -0.15) is 0 Å². The summed E-state index contributed by atoms with van der Waals surface area (Å²) in [6.07, 6.45) is 1.01. The van der Waals surface area contributed by atoms with Gasteiger partial charge in [0.25, 0.3) is 5.91 Å². The van der Waals surface area contributed by atoms with E-state index in [0.717, 1.165) is 44.9 Å². The first-order chi connectivity index (χ1) is 10.6. The van der Waals surface area contributed by atoms with E-state index in [0.29, 0.717) is 5.92 Å². The van der Waals surface area contributed by atoms with Gasteiger partial charge in [-0.3, -0.25) is 9.69 Å². The summed E-state index contributed by atoms with van der Waals surface area (Å²) in [5.74, 6) is 1.53. The summed E-state index contributed by atoms with van der Waals surface area (Å²) in [5.41, 5.74) is 1.28. The molecule has 1 aliphatic rings. The SMILES string of the molecule is CCc1ccc(OCC(=O)N2CCN(CC(C)C)CC2)cc1. The Kier molecular flexibility index (Phi) is 6.25. The zero-order chi connectivity index (χ0) is 15.9. The Labute approximate surface area is 134 Å². The molecular formula is C18H28N2O2. The van der Waals surface area contributed by atoms with E-state index in [1.807, 2.05) is 29.2 Å². The number of carbonyl (C=O) groups is 1. The summed E-state index contributed by atoms with van der Waals surface area (Å²) in [5, 5.41) is 0. The predicted molar refractivity (Wildman–Crippen MR) is 89.2 cm³/mol. The molecule has 0 atom stereocenters. The zero-order valence-electron chi connectivity index (χ0n) is 14.0. The van der Waals surface area contributed by atoms with Gasteiger partial charge in [0.1, 0.15) is 5.75 Å². The minimum atomic E-state index is 0.0868. The van der Waals surface area contributed by atoms with E-state index >= 15 is 0 Å². The number of nitrogens with zero attached hydrogens (tertiary/aromatic N) is 2. The normalized spacial score (nSPS) is 16.1. The van der Waals surface area contributed by atoms with E-state index in [-0.39, 0.29) is 12.5 Å². The lowest BCUT2D eigenvalue weighted by Crippen LogP contribution is -2.50. The number of amides is 1. The number of hydrogen-bond donors (Lipinski definition) is 0. The van der Waals surface area contributed by atoms with Crippen molar-refractivity contribution < 1.29 is 9.53 Å². The van der Waals surface area contributed by atoms with Gasteiger partial charge in [-0.25, -0.2) is 0 Å². The van der Waals surface area contributed by atoms with Crippen molar-refractivity contribution in [1.29, 1.82) is 0 Å². The van der Waals surface area contributed by atoms with E-state index in [1.165, 1.54) is 5.56 Å². The molecule has 0 aliphatic carbocycles. The largest absolute Gasteiger partial charge is 0.484 e. The van der Waals surface area contributed by atoms with Gasteiger partial charge in [0.2, 0.25) is 0 Å². The second kappa shape index (κ2) is 8.18. The van der Waals surface area contributed by atoms with Crippen molar-refractivity contribution in [2.24, 2.45) is 5.92 Å². The standard InChI is InChI=1S/C18H28N2O2/c1-4-16-5-7-17(8-6-16)22-14-18(21)20-11-9-19(10-12-20)13-15(2)3/h5-8,15H,4,9-14H2,1-3H3. The van der Waals surface area contributed by atoms with Crippen LogP contribution in [0, 0.1) is 5.92 Å². The summed E-state index contributed by atoms with van der Waals surface area (Å²) in [6.45, 7) is 11.4. The third-order valence-electron chi connectivity index (χ3n) is 4.04. The maximum Gasteiger partial charge on any atom is 0.260 e. The molecule has 0 bridgehead atoms. The van der Waals surface area contributed by atoms with Crippen LogP contribution in [0.5, 0.6) is 5.75 Å². The quantitative estimate of drug-likeness (QED) is 0.809. The van der Waals surface area contributed by atoms with Gasteiger partial charge in [0, 0.05) is 32.7 Å². The van der Waals surface area contributed by atoms with Crippen LogP contribution in [0.15, 0.2) is 24.3 Å². The molecule has 0 aromatic heterocycles. The molecule has 0 radical (unpaired) electrons. The third-order valence-corrected chi connectivity index (χ3v) is 4.04. The summed E-state index contributed by atoms with van der Waals surface area (Å²) in [7, 11) is 0. The Morgan fingerprint density at radius 3 is 2.32 bits per heavy atom. The van der Waals surface area contributed by atoms with E-state index in [2.05, 4.69) is 25.7 Å². The molecule has 0 spiro atoms. The van der Waals surface area contributed by atoms with Crippen LogP contribution in [0.25, 0.3) is 0 Å². The number of carbonyl (C=O) groups excluding carboxylic acids is 1. The van der Waals surface area contributed by atoms with Crippen molar-refractivity contribution in [2.45, 2.75) is 27.2 Å². The molecule has 1 fully saturated rings. The topological polar surface area (TPSA) is 32.8 Å². The van der Waals surface area contributed by atoms with Crippen LogP contribution >= 0.6 is 0 Å². The van der Waals surface area contributed by atoms with Crippen molar-refractivity contribution in [1.82, 2.24) is 9.80 Å². The Bertz CT molecular complexity index is 462. The molecule has 1 saturated heterocycles. The second-order valence-electron chi connectivity index (χ2n) is 6.36. The lowest BCUT2D eigenvalue weighted by molar-refractivity contribution is -0.135. The van der Waals surface area contributed by atoms with Crippen LogP contribution in [0.3, 0.4) is 0 Å². The molecule has 4 heteroatoms. The second-order valence-corrected chi connectivity index (χ2v) is 6.36. The average molecular weight is 304 g/mol. The monoisotopic (exact) mass is 304 g/mol. The summed E-state index contributed by atoms with van der Waals surface area (Å²) in [4.78, 5) is 16.5. The highest BCUT2D eigenvalue weighted by molar-refractivity contribution is 5.77. The molecule has 1 aromatic rings. The lowest BCUT2D eigenvalue weighted by atomic mass is 10.2. The van der Waals surface area contributed by atoms with E-state index in [9.17, 15) is 4.79 Å². The molecule has 1 heterocycles. The zero-order valence-corrected chi connectivity index (χ0v) is 14.0. The maximum absolute atomic E-state index is 12.2. The number of ether oxygens (including phenoxy) is 1. The highest BCUT2D eigenvalue weighted by atomic mass is 16.5. The van der Waals surface area contributed by atoms with Gasteiger partial charge < -0.3 is 9.64 Å². The fourth-order valence-electron chi connectivity index (χ4n) is 2.75. The minimum Gasteiger partial charge on any atom is -0.484 e. The number of piperazine rings is 1. The molecule has 122 valence electrons. The molecule has 1 aliphatic heterocycles. The fourth-order valence-corrected chi connectivity index (χ4v) is 2.75. The van der Waals surface area contributed by atoms with Gasteiger partial charge in [0.05, 0.1) is 0 Å². The van der Waals surface area contributed by atoms with Crippen molar-refractivity contribution in [3.8, 4) is 5.75 Å². The summed E-state index contributed by atoms with van der Waals surface area (Å²) < 4.78 is 5.61. The Morgan fingerprint density at radius 2 is 1.77 bits per heavy atom. The van der Waals surface area contributed by atoms with Gasteiger partial charge in [0.15, 0.2) is 6.61 Å². The average Bonchev–Trinajstić information content (AvgIpc) is 2.53. The van der Waals surface area contributed by atoms with Crippen molar-refractivity contribution in [3.63, 3.8) is 0 Å². The first-order valence-electron chi connectivity index (χ1n) is 8.30. The van der Waals surface area contributed by atoms with Crippen LogP contribution in [0.2, 0.25) is 0 Å². The highest BCUT2D eigenvalue weighted by Crippen LogP contribution is 2.13. The fraction of sp³-hybridized carbons (Fsp3) is 0.611. The predicted octanol–water partition coefficient (Wildman–Crippen LogP) is 2.43. The van der Waals surface area contributed by atoms with Crippen molar-refractivity contribution in [3.05, 3.63) is 29.8 Å². The lowest BCUT2D eigenvalue weighted by Gasteiger charge is -2.35. The Balaban J connectivity index is 1.73. The molecule has 22 heavy (non-hydrogen) atoms. The molecule has 1 amide bonds.